The van der Waals surface area contributed by atoms with E-state index in [0.29, 0.717) is 5.16 Å². The lowest BCUT2D eigenvalue weighted by molar-refractivity contribution is 0.628. The van der Waals surface area contributed by atoms with Gasteiger partial charge in [-0.1, -0.05) is 45.3 Å². The van der Waals surface area contributed by atoms with Crippen molar-refractivity contribution >= 4 is 16.1 Å². The summed E-state index contributed by atoms with van der Waals surface area (Å²) in [7, 11) is -2.71. The van der Waals surface area contributed by atoms with Crippen molar-refractivity contribution in [1.82, 2.24) is 4.98 Å². The first-order chi connectivity index (χ1) is 10.1. The van der Waals surface area contributed by atoms with E-state index < -0.39 is 16.1 Å². The Morgan fingerprint density at radius 3 is 1.86 bits per heavy atom. The molecule has 22 heavy (non-hydrogen) atoms. The molecule has 2 rings (SSSR count). The van der Waals surface area contributed by atoms with Crippen LogP contribution in [-0.2, 0) is 0 Å². The van der Waals surface area contributed by atoms with Gasteiger partial charge in [-0.15, -0.1) is 0 Å². The van der Waals surface area contributed by atoms with E-state index in [4.69, 9.17) is 4.98 Å². The predicted octanol–water partition coefficient (Wildman–Crippen LogP) is 5.73. The summed E-state index contributed by atoms with van der Waals surface area (Å²) < 4.78 is 13.1. The van der Waals surface area contributed by atoms with Crippen molar-refractivity contribution in [2.45, 2.75) is 44.4 Å². The van der Waals surface area contributed by atoms with Crippen LogP contribution in [0.3, 0.4) is 0 Å². The number of aromatic nitrogens is 1. The monoisotopic (exact) mass is 331 g/mol. The molecule has 0 saturated carbocycles. The highest BCUT2D eigenvalue weighted by Crippen LogP contribution is 2.35. The van der Waals surface area contributed by atoms with E-state index in [0.717, 1.165) is 11.3 Å². The molecule has 0 saturated heterocycles. The van der Waals surface area contributed by atoms with E-state index in [1.807, 2.05) is 6.07 Å². The summed E-state index contributed by atoms with van der Waals surface area (Å²) in [6, 6.07) is 12.9. The lowest BCUT2D eigenvalue weighted by atomic mass is 10.1. The van der Waals surface area contributed by atoms with E-state index in [9.17, 15) is 4.39 Å². The maximum absolute atomic E-state index is 13.1. The fourth-order valence-corrected chi connectivity index (χ4v) is 16.1. The van der Waals surface area contributed by atoms with Crippen molar-refractivity contribution in [1.29, 1.82) is 0 Å². The third kappa shape index (κ3) is 3.93. The van der Waals surface area contributed by atoms with Gasteiger partial charge in [0.1, 0.15) is 5.82 Å². The normalized spacial score (nSPS) is 12.7. The van der Waals surface area contributed by atoms with Gasteiger partial charge >= 0.3 is 0 Å². The number of nitrogens with zero attached hydrogens (tertiary/aromatic N) is 1. The zero-order chi connectivity index (χ0) is 16.5. The lowest BCUT2D eigenvalue weighted by Crippen LogP contribution is -2.46. The first kappa shape index (κ1) is 17.1. The zero-order valence-electron chi connectivity index (χ0n) is 14.4. The highest BCUT2D eigenvalue weighted by molar-refractivity contribution is 6.96. The van der Waals surface area contributed by atoms with Crippen molar-refractivity contribution in [2.24, 2.45) is 0 Å². The average molecular weight is 332 g/mol. The maximum Gasteiger partial charge on any atom is 0.123 e. The number of benzene rings is 1. The highest BCUT2D eigenvalue weighted by atomic mass is 28.4. The van der Waals surface area contributed by atoms with Crippen molar-refractivity contribution < 1.29 is 4.39 Å². The number of pyridine rings is 1. The van der Waals surface area contributed by atoms with Crippen molar-refractivity contribution in [3.8, 4) is 11.3 Å². The Bertz CT molecular complexity index is 625. The van der Waals surface area contributed by atoms with Gasteiger partial charge in [0.25, 0.3) is 0 Å². The molecule has 1 heterocycles. The molecule has 0 unspecified atom stereocenters. The minimum atomic E-state index is -1.36. The number of hydrogen-bond acceptors (Lipinski definition) is 1. The van der Waals surface area contributed by atoms with Crippen LogP contribution in [0.4, 0.5) is 4.39 Å². The van der Waals surface area contributed by atoms with Gasteiger partial charge in [0.05, 0.1) is 21.8 Å². The van der Waals surface area contributed by atoms with E-state index >= 15 is 0 Å². The van der Waals surface area contributed by atoms with Crippen LogP contribution in [0.25, 0.3) is 11.3 Å². The molecule has 1 aromatic carbocycles. The van der Waals surface area contributed by atoms with Gasteiger partial charge < -0.3 is 0 Å². The highest BCUT2D eigenvalue weighted by Gasteiger charge is 2.39. The molecular weight excluding hydrogens is 305 g/mol. The van der Waals surface area contributed by atoms with Crippen LogP contribution >= 0.6 is 0 Å². The molecule has 0 radical (unpaired) electrons. The van der Waals surface area contributed by atoms with Crippen LogP contribution in [0.5, 0.6) is 0 Å². The Morgan fingerprint density at radius 2 is 1.36 bits per heavy atom. The van der Waals surface area contributed by atoms with Crippen LogP contribution in [0.1, 0.15) is 10.9 Å². The van der Waals surface area contributed by atoms with Crippen LogP contribution < -0.4 is 0 Å². The first-order valence-electron chi connectivity index (χ1n) is 7.82. The summed E-state index contributed by atoms with van der Waals surface area (Å²) in [6.07, 6.45) is 0. The number of halogens is 1. The summed E-state index contributed by atoms with van der Waals surface area (Å²) in [5.74, 6) is -0.207. The quantitative estimate of drug-likeness (QED) is 0.652. The van der Waals surface area contributed by atoms with E-state index in [2.05, 4.69) is 51.4 Å². The van der Waals surface area contributed by atoms with Crippen molar-refractivity contribution in [2.75, 3.05) is 0 Å². The fourth-order valence-electron chi connectivity index (χ4n) is 3.58. The summed E-state index contributed by atoms with van der Waals surface area (Å²) in [5, 5.41) is 0.611. The summed E-state index contributed by atoms with van der Waals surface area (Å²) in [5.41, 5.74) is 3.15. The van der Waals surface area contributed by atoms with Gasteiger partial charge in [0.2, 0.25) is 0 Å². The van der Waals surface area contributed by atoms with E-state index in [-0.39, 0.29) is 5.82 Å². The Morgan fingerprint density at radius 1 is 0.818 bits per heavy atom. The van der Waals surface area contributed by atoms with Crippen LogP contribution in [-0.4, -0.2) is 21.1 Å². The topological polar surface area (TPSA) is 12.9 Å². The maximum atomic E-state index is 13.1. The van der Waals surface area contributed by atoms with Crippen LogP contribution in [0.15, 0.2) is 42.5 Å². The fraction of sp³-hybridized carbons (Fsp3) is 0.389. The van der Waals surface area contributed by atoms with Gasteiger partial charge in [0, 0.05) is 11.3 Å². The Hall–Kier alpha value is -1.27. The molecule has 0 aliphatic carbocycles. The molecule has 0 bridgehead atoms. The second-order valence-corrected chi connectivity index (χ2v) is 19.3. The van der Waals surface area contributed by atoms with E-state index in [1.165, 1.54) is 17.8 Å². The third-order valence-corrected chi connectivity index (χ3v) is 13.2. The molecule has 0 aliphatic rings. The lowest BCUT2D eigenvalue weighted by Gasteiger charge is -2.38. The van der Waals surface area contributed by atoms with Gasteiger partial charge in [-0.05, 0) is 41.6 Å². The summed E-state index contributed by atoms with van der Waals surface area (Å²) in [6.45, 7) is 14.6. The molecule has 118 valence electrons. The smallest absolute Gasteiger partial charge is 0.123 e. The molecule has 0 spiro atoms. The van der Waals surface area contributed by atoms with Crippen molar-refractivity contribution in [3.05, 3.63) is 54.0 Å². The molecule has 1 aromatic heterocycles. The van der Waals surface area contributed by atoms with Gasteiger partial charge in [-0.3, -0.25) is 4.98 Å². The molecule has 1 nitrogen and oxygen atoms in total. The van der Waals surface area contributed by atoms with Gasteiger partial charge in [-0.25, -0.2) is 4.39 Å². The molecule has 0 fully saturated rings. The third-order valence-electron chi connectivity index (χ3n) is 3.94. The Balaban J connectivity index is 2.48. The molecule has 0 aliphatic heterocycles. The second-order valence-electron chi connectivity index (χ2n) is 8.12. The molecule has 0 amide bonds. The first-order valence-corrected chi connectivity index (χ1v) is 15.0. The van der Waals surface area contributed by atoms with Gasteiger partial charge in [0.15, 0.2) is 0 Å². The zero-order valence-corrected chi connectivity index (χ0v) is 16.4. The van der Waals surface area contributed by atoms with Crippen LogP contribution in [0.2, 0.25) is 39.3 Å². The summed E-state index contributed by atoms with van der Waals surface area (Å²) in [4.78, 5) is 4.95. The largest absolute Gasteiger partial charge is 0.253 e. The molecular formula is C18H26FNSi2. The van der Waals surface area contributed by atoms with Crippen molar-refractivity contribution in [3.63, 3.8) is 0 Å². The molecule has 0 N–H and O–H groups in total. The predicted molar refractivity (Wildman–Crippen MR) is 99.1 cm³/mol. The molecule has 0 atom stereocenters. The molecule has 2 aromatic rings. The minimum absolute atomic E-state index is 0.207. The molecule has 4 heteroatoms. The Labute approximate surface area is 135 Å². The number of hydrogen-bond donors (Lipinski definition) is 0. The summed E-state index contributed by atoms with van der Waals surface area (Å²) >= 11 is 0. The average Bonchev–Trinajstić information content (AvgIpc) is 2.36. The second kappa shape index (κ2) is 6.09. The minimum Gasteiger partial charge on any atom is -0.253 e. The SMILES string of the molecule is C[Si](C)(C)C(c1cccc(-c2ccc(F)cc2)n1)[Si](C)(C)C. The standard InChI is InChI=1S/C18H26FNSi2/c1-21(2,3)18(22(4,5)6)17-9-7-8-16(20-17)14-10-12-15(19)13-11-14/h7-13,18H,1-6H3. The van der Waals surface area contributed by atoms with E-state index in [1.54, 1.807) is 12.1 Å². The Kier molecular flexibility index (Phi) is 4.73. The van der Waals surface area contributed by atoms with Gasteiger partial charge in [-0.2, -0.15) is 0 Å². The van der Waals surface area contributed by atoms with Crippen LogP contribution in [0, 0.1) is 5.82 Å². The number of rotatable bonds is 4.